The van der Waals surface area contributed by atoms with Gasteiger partial charge < -0.3 is 15.1 Å². The fraction of sp³-hybridized carbons (Fsp3) is 0.292. The maximum absolute atomic E-state index is 12.6. The fourth-order valence-corrected chi connectivity index (χ4v) is 3.90. The fourth-order valence-electron chi connectivity index (χ4n) is 3.90. The summed E-state index contributed by atoms with van der Waals surface area (Å²) in [6.07, 6.45) is 4.22. The van der Waals surface area contributed by atoms with Gasteiger partial charge in [-0.15, -0.1) is 0 Å². The molecule has 1 saturated heterocycles. The third-order valence-electron chi connectivity index (χ3n) is 5.53. The number of ether oxygens (including phenoxy) is 1. The van der Waals surface area contributed by atoms with Gasteiger partial charge in [0.15, 0.2) is 0 Å². The standard InChI is InChI=1S/C24H26N4O3/c1-2-31-24(30)20-14-19-13-18(9-10-21(19)26-22(15-20)27-25)16-5-7-17(8-6-16)23(29)28-11-3-4-12-28/h5-10,13-14H,2-4,11-12,15,25H2,1H3,(H,26,27). The molecule has 0 radical (unpaired) electrons. The van der Waals surface area contributed by atoms with Gasteiger partial charge in [0.25, 0.3) is 5.91 Å². The molecule has 0 atom stereocenters. The van der Waals surface area contributed by atoms with Crippen LogP contribution in [0.5, 0.6) is 0 Å². The highest BCUT2D eigenvalue weighted by Crippen LogP contribution is 2.32. The number of hydrogen-bond acceptors (Lipinski definition) is 6. The minimum Gasteiger partial charge on any atom is -0.463 e. The van der Waals surface area contributed by atoms with Gasteiger partial charge in [0.05, 0.1) is 12.3 Å². The van der Waals surface area contributed by atoms with Crippen LogP contribution in [0, 0.1) is 0 Å². The molecule has 0 unspecified atom stereocenters. The average Bonchev–Trinajstić information content (AvgIpc) is 3.26. The molecule has 31 heavy (non-hydrogen) atoms. The summed E-state index contributed by atoms with van der Waals surface area (Å²) in [5.41, 5.74) is 7.23. The van der Waals surface area contributed by atoms with Crippen LogP contribution in [0.3, 0.4) is 0 Å². The number of likely N-dealkylation sites (tertiary alicyclic amines) is 1. The van der Waals surface area contributed by atoms with E-state index in [0.717, 1.165) is 48.3 Å². The Morgan fingerprint density at radius 2 is 1.81 bits per heavy atom. The van der Waals surface area contributed by atoms with Gasteiger partial charge in [-0.25, -0.2) is 15.6 Å². The summed E-state index contributed by atoms with van der Waals surface area (Å²) in [6.45, 7) is 3.74. The van der Waals surface area contributed by atoms with E-state index >= 15 is 0 Å². The summed E-state index contributed by atoms with van der Waals surface area (Å²) >= 11 is 0. The molecule has 7 heteroatoms. The maximum Gasteiger partial charge on any atom is 0.334 e. The Labute approximate surface area is 181 Å². The molecule has 0 saturated carbocycles. The zero-order valence-electron chi connectivity index (χ0n) is 17.6. The Hall–Kier alpha value is -3.45. The van der Waals surface area contributed by atoms with E-state index in [1.165, 1.54) is 0 Å². The summed E-state index contributed by atoms with van der Waals surface area (Å²) in [6, 6.07) is 13.5. The van der Waals surface area contributed by atoms with Crippen LogP contribution in [-0.2, 0) is 9.53 Å². The Morgan fingerprint density at radius 3 is 2.48 bits per heavy atom. The summed E-state index contributed by atoms with van der Waals surface area (Å²) in [7, 11) is 0. The van der Waals surface area contributed by atoms with Crippen molar-refractivity contribution in [2.75, 3.05) is 19.7 Å². The van der Waals surface area contributed by atoms with Gasteiger partial charge in [-0.3, -0.25) is 4.79 Å². The molecule has 3 N–H and O–H groups in total. The van der Waals surface area contributed by atoms with Crippen LogP contribution in [0.25, 0.3) is 17.2 Å². The minimum atomic E-state index is -0.381. The van der Waals surface area contributed by atoms with E-state index in [1.807, 2.05) is 47.4 Å². The molecule has 2 heterocycles. The number of rotatable bonds is 4. The second-order valence-corrected chi connectivity index (χ2v) is 7.62. The Balaban J connectivity index is 1.64. The Bertz CT molecular complexity index is 1050. The first-order valence-corrected chi connectivity index (χ1v) is 10.5. The van der Waals surface area contributed by atoms with Crippen molar-refractivity contribution in [2.24, 2.45) is 10.8 Å². The Kier molecular flexibility index (Phi) is 6.13. The topological polar surface area (TPSA) is 97.0 Å². The summed E-state index contributed by atoms with van der Waals surface area (Å²) in [5.74, 6) is 5.78. The lowest BCUT2D eigenvalue weighted by atomic mass is 9.99. The van der Waals surface area contributed by atoms with Gasteiger partial charge in [-0.05, 0) is 61.2 Å². The van der Waals surface area contributed by atoms with Gasteiger partial charge in [-0.2, -0.15) is 0 Å². The normalized spacial score (nSPS) is 15.5. The van der Waals surface area contributed by atoms with Gasteiger partial charge >= 0.3 is 5.97 Å². The summed E-state index contributed by atoms with van der Waals surface area (Å²) in [4.78, 5) is 31.4. The van der Waals surface area contributed by atoms with Crippen molar-refractivity contribution in [3.63, 3.8) is 0 Å². The van der Waals surface area contributed by atoms with Crippen molar-refractivity contribution in [3.8, 4) is 11.1 Å². The first-order chi connectivity index (χ1) is 15.1. The number of amides is 1. The molecule has 2 aliphatic rings. The number of aliphatic imine (C=N–C) groups is 1. The molecule has 0 bridgehead atoms. The second-order valence-electron chi connectivity index (χ2n) is 7.62. The number of nitrogens with zero attached hydrogens (tertiary/aromatic N) is 2. The molecule has 0 spiro atoms. The van der Waals surface area contributed by atoms with Crippen LogP contribution in [0.15, 0.2) is 53.0 Å². The molecular formula is C24H26N4O3. The number of hydrogen-bond donors (Lipinski definition) is 2. The zero-order valence-corrected chi connectivity index (χ0v) is 17.6. The van der Waals surface area contributed by atoms with Gasteiger partial charge in [-0.1, -0.05) is 18.2 Å². The van der Waals surface area contributed by atoms with E-state index in [0.29, 0.717) is 23.6 Å². The second kappa shape index (κ2) is 9.14. The Morgan fingerprint density at radius 1 is 1.10 bits per heavy atom. The highest BCUT2D eigenvalue weighted by Gasteiger charge is 2.20. The smallest absolute Gasteiger partial charge is 0.334 e. The SMILES string of the molecule is CCOC(=O)C1=Cc2cc(-c3ccc(C(=O)N4CCCC4)cc3)ccc2N=C(NN)C1. The largest absolute Gasteiger partial charge is 0.463 e. The summed E-state index contributed by atoms with van der Waals surface area (Å²) in [5, 5.41) is 0. The van der Waals surface area contributed by atoms with Crippen molar-refractivity contribution in [3.05, 3.63) is 59.2 Å². The quantitative estimate of drug-likeness (QED) is 0.450. The monoisotopic (exact) mass is 418 g/mol. The molecule has 2 aromatic rings. The molecule has 1 amide bonds. The maximum atomic E-state index is 12.6. The highest BCUT2D eigenvalue weighted by molar-refractivity contribution is 6.03. The predicted octanol–water partition coefficient (Wildman–Crippen LogP) is 3.43. The molecule has 2 aromatic carbocycles. The number of nitrogens with two attached hydrogens (primary N) is 1. The number of hydrazine groups is 1. The third kappa shape index (κ3) is 4.51. The van der Waals surface area contributed by atoms with Crippen molar-refractivity contribution in [1.82, 2.24) is 10.3 Å². The van der Waals surface area contributed by atoms with Crippen molar-refractivity contribution < 1.29 is 14.3 Å². The number of amidine groups is 1. The van der Waals surface area contributed by atoms with Gasteiger partial charge in [0.2, 0.25) is 0 Å². The summed E-state index contributed by atoms with van der Waals surface area (Å²) < 4.78 is 5.17. The van der Waals surface area contributed by atoms with Crippen LogP contribution in [0.4, 0.5) is 5.69 Å². The zero-order chi connectivity index (χ0) is 21.8. The van der Waals surface area contributed by atoms with E-state index in [4.69, 9.17) is 10.6 Å². The number of fused-ring (bicyclic) bond motifs is 1. The van der Waals surface area contributed by atoms with Crippen molar-refractivity contribution in [2.45, 2.75) is 26.2 Å². The first-order valence-electron chi connectivity index (χ1n) is 10.5. The molecule has 0 aliphatic carbocycles. The van der Waals surface area contributed by atoms with Crippen LogP contribution in [0.2, 0.25) is 0 Å². The number of nitrogens with one attached hydrogen (secondary N) is 1. The number of carbonyl (C=O) groups excluding carboxylic acids is 2. The molecule has 160 valence electrons. The van der Waals surface area contributed by atoms with E-state index in [1.54, 1.807) is 13.0 Å². The lowest BCUT2D eigenvalue weighted by molar-refractivity contribution is -0.138. The predicted molar refractivity (Wildman–Crippen MR) is 121 cm³/mol. The first kappa shape index (κ1) is 20.8. The van der Waals surface area contributed by atoms with Crippen LogP contribution >= 0.6 is 0 Å². The van der Waals surface area contributed by atoms with E-state index in [-0.39, 0.29) is 18.3 Å². The minimum absolute atomic E-state index is 0.0872. The van der Waals surface area contributed by atoms with Gasteiger partial charge in [0.1, 0.15) is 5.84 Å². The molecule has 4 rings (SSSR count). The third-order valence-corrected chi connectivity index (χ3v) is 5.53. The number of carbonyl (C=O) groups is 2. The van der Waals surface area contributed by atoms with Crippen LogP contribution in [-0.4, -0.2) is 42.3 Å². The van der Waals surface area contributed by atoms with E-state index < -0.39 is 0 Å². The van der Waals surface area contributed by atoms with Gasteiger partial charge in [0, 0.05) is 36.2 Å². The lowest BCUT2D eigenvalue weighted by Gasteiger charge is -2.15. The average molecular weight is 418 g/mol. The molecule has 7 nitrogen and oxygen atoms in total. The van der Waals surface area contributed by atoms with Crippen LogP contribution < -0.4 is 11.3 Å². The highest BCUT2D eigenvalue weighted by atomic mass is 16.5. The number of benzene rings is 2. The molecule has 1 fully saturated rings. The van der Waals surface area contributed by atoms with Crippen molar-refractivity contribution in [1.29, 1.82) is 0 Å². The van der Waals surface area contributed by atoms with Crippen molar-refractivity contribution >= 4 is 29.5 Å². The van der Waals surface area contributed by atoms with E-state index in [2.05, 4.69) is 10.4 Å². The van der Waals surface area contributed by atoms with Crippen LogP contribution in [0.1, 0.15) is 42.1 Å². The van der Waals surface area contributed by atoms with E-state index in [9.17, 15) is 9.59 Å². The lowest BCUT2D eigenvalue weighted by Crippen LogP contribution is -2.31. The molecule has 0 aromatic heterocycles. The number of esters is 1. The molecular weight excluding hydrogens is 392 g/mol. The molecule has 2 aliphatic heterocycles.